The van der Waals surface area contributed by atoms with Crippen LogP contribution in [0, 0.1) is 0 Å². The number of hydrogen-bond acceptors (Lipinski definition) is 3. The second-order valence-corrected chi connectivity index (χ2v) is 6.44. The molecule has 3 heterocycles. The van der Waals surface area contributed by atoms with Crippen molar-refractivity contribution in [1.29, 1.82) is 0 Å². The maximum atomic E-state index is 12.7. The van der Waals surface area contributed by atoms with Crippen molar-refractivity contribution in [3.8, 4) is 10.6 Å². The van der Waals surface area contributed by atoms with Crippen LogP contribution in [-0.4, -0.2) is 27.9 Å². The van der Waals surface area contributed by atoms with Gasteiger partial charge >= 0.3 is 0 Å². The molecule has 2 bridgehead atoms. The summed E-state index contributed by atoms with van der Waals surface area (Å²) in [5.41, 5.74) is 1.66. The van der Waals surface area contributed by atoms with E-state index in [2.05, 4.69) is 17.1 Å². The van der Waals surface area contributed by atoms with Crippen molar-refractivity contribution in [2.24, 2.45) is 0 Å². The Morgan fingerprint density at radius 1 is 1.24 bits per heavy atom. The molecule has 0 radical (unpaired) electrons. The summed E-state index contributed by atoms with van der Waals surface area (Å²) in [5.74, 6) is 0.0882. The molecule has 106 valence electrons. The van der Waals surface area contributed by atoms with E-state index in [1.165, 1.54) is 0 Å². The van der Waals surface area contributed by atoms with Gasteiger partial charge in [-0.05, 0) is 19.3 Å². The third kappa shape index (κ3) is 2.20. The lowest BCUT2D eigenvalue weighted by molar-refractivity contribution is 0.0684. The van der Waals surface area contributed by atoms with E-state index in [1.54, 1.807) is 11.3 Å². The van der Waals surface area contributed by atoms with Crippen molar-refractivity contribution < 1.29 is 4.79 Å². The van der Waals surface area contributed by atoms with Crippen LogP contribution in [0.15, 0.2) is 47.9 Å². The Hall–Kier alpha value is -1.94. The van der Waals surface area contributed by atoms with E-state index < -0.39 is 0 Å². The molecule has 4 heteroatoms. The van der Waals surface area contributed by atoms with Crippen LogP contribution >= 0.6 is 11.3 Å². The average Bonchev–Trinajstić information content (AvgIpc) is 3.11. The van der Waals surface area contributed by atoms with Crippen molar-refractivity contribution >= 4 is 17.2 Å². The second-order valence-electron chi connectivity index (χ2n) is 5.58. The van der Waals surface area contributed by atoms with Crippen LogP contribution in [0.25, 0.3) is 10.6 Å². The van der Waals surface area contributed by atoms with E-state index in [1.807, 2.05) is 40.6 Å². The number of aromatic nitrogens is 1. The Kier molecular flexibility index (Phi) is 3.11. The number of thiazole rings is 1. The van der Waals surface area contributed by atoms with Crippen LogP contribution in [0.4, 0.5) is 0 Å². The first-order chi connectivity index (χ1) is 10.3. The fourth-order valence-electron chi connectivity index (χ4n) is 3.26. The van der Waals surface area contributed by atoms with Gasteiger partial charge in [-0.25, -0.2) is 4.98 Å². The number of fused-ring (bicyclic) bond motifs is 2. The maximum Gasteiger partial charge on any atom is 0.274 e. The minimum Gasteiger partial charge on any atom is -0.328 e. The van der Waals surface area contributed by atoms with Crippen LogP contribution in [0.3, 0.4) is 0 Å². The van der Waals surface area contributed by atoms with E-state index >= 15 is 0 Å². The summed E-state index contributed by atoms with van der Waals surface area (Å²) >= 11 is 1.54. The molecule has 2 aliphatic rings. The smallest absolute Gasteiger partial charge is 0.274 e. The molecule has 1 fully saturated rings. The number of amides is 1. The number of carbonyl (C=O) groups excluding carboxylic acids is 1. The molecule has 3 nitrogen and oxygen atoms in total. The van der Waals surface area contributed by atoms with Gasteiger partial charge in [-0.15, -0.1) is 11.3 Å². The average molecular weight is 296 g/mol. The molecule has 21 heavy (non-hydrogen) atoms. The van der Waals surface area contributed by atoms with Crippen molar-refractivity contribution in [3.63, 3.8) is 0 Å². The summed E-state index contributed by atoms with van der Waals surface area (Å²) in [6.07, 6.45) is 7.56. The number of nitrogens with zero attached hydrogens (tertiary/aromatic N) is 2. The molecule has 1 aromatic heterocycles. The number of carbonyl (C=O) groups is 1. The molecule has 2 atom stereocenters. The van der Waals surface area contributed by atoms with Crippen molar-refractivity contribution in [2.45, 2.75) is 31.3 Å². The summed E-state index contributed by atoms with van der Waals surface area (Å²) in [6, 6.07) is 10.7. The van der Waals surface area contributed by atoms with Gasteiger partial charge < -0.3 is 4.90 Å². The van der Waals surface area contributed by atoms with E-state index in [9.17, 15) is 4.79 Å². The zero-order valence-corrected chi connectivity index (χ0v) is 12.4. The largest absolute Gasteiger partial charge is 0.328 e. The van der Waals surface area contributed by atoms with Crippen LogP contribution in [-0.2, 0) is 0 Å². The van der Waals surface area contributed by atoms with E-state index in [0.717, 1.165) is 29.8 Å². The molecule has 2 aliphatic heterocycles. The van der Waals surface area contributed by atoms with Gasteiger partial charge in [0.15, 0.2) is 0 Å². The molecule has 0 N–H and O–H groups in total. The highest BCUT2D eigenvalue weighted by molar-refractivity contribution is 7.13. The van der Waals surface area contributed by atoms with Crippen LogP contribution in [0.2, 0.25) is 0 Å². The maximum absolute atomic E-state index is 12.7. The van der Waals surface area contributed by atoms with Crippen LogP contribution in [0.5, 0.6) is 0 Å². The van der Waals surface area contributed by atoms with Gasteiger partial charge in [-0.1, -0.05) is 42.5 Å². The Morgan fingerprint density at radius 3 is 2.90 bits per heavy atom. The van der Waals surface area contributed by atoms with E-state index in [-0.39, 0.29) is 11.9 Å². The van der Waals surface area contributed by atoms with Crippen LogP contribution < -0.4 is 0 Å². The van der Waals surface area contributed by atoms with Crippen LogP contribution in [0.1, 0.15) is 29.8 Å². The molecular weight excluding hydrogens is 280 g/mol. The second kappa shape index (κ2) is 5.11. The monoisotopic (exact) mass is 296 g/mol. The highest BCUT2D eigenvalue weighted by atomic mass is 32.1. The van der Waals surface area contributed by atoms with Gasteiger partial charge in [-0.2, -0.15) is 0 Å². The summed E-state index contributed by atoms with van der Waals surface area (Å²) < 4.78 is 0. The summed E-state index contributed by atoms with van der Waals surface area (Å²) in [7, 11) is 0. The molecule has 2 aromatic rings. The Balaban J connectivity index is 1.61. The minimum atomic E-state index is 0.0882. The molecule has 4 rings (SSSR count). The zero-order chi connectivity index (χ0) is 14.2. The van der Waals surface area contributed by atoms with Crippen molar-refractivity contribution in [1.82, 2.24) is 9.88 Å². The molecule has 1 aromatic carbocycles. The summed E-state index contributed by atoms with van der Waals surface area (Å²) in [4.78, 5) is 19.3. The summed E-state index contributed by atoms with van der Waals surface area (Å²) in [6.45, 7) is 0. The SMILES string of the molecule is O=C(c1csc(-c2ccccc2)n1)N1C2C=CCC1CC2. The topological polar surface area (TPSA) is 33.2 Å². The minimum absolute atomic E-state index is 0.0882. The normalized spacial score (nSPS) is 23.5. The van der Waals surface area contributed by atoms with Gasteiger partial charge in [0, 0.05) is 17.0 Å². The lowest BCUT2D eigenvalue weighted by atomic mass is 10.1. The zero-order valence-electron chi connectivity index (χ0n) is 11.6. The first-order valence-corrected chi connectivity index (χ1v) is 8.21. The number of rotatable bonds is 2. The Labute approximate surface area is 127 Å². The van der Waals surface area contributed by atoms with Gasteiger partial charge in [0.1, 0.15) is 10.7 Å². The van der Waals surface area contributed by atoms with Gasteiger partial charge in [-0.3, -0.25) is 4.79 Å². The Morgan fingerprint density at radius 2 is 2.10 bits per heavy atom. The Bertz CT molecular complexity index is 692. The molecule has 0 saturated carbocycles. The molecule has 2 unspecified atom stereocenters. The van der Waals surface area contributed by atoms with Gasteiger partial charge in [0.2, 0.25) is 0 Å². The molecule has 1 amide bonds. The quantitative estimate of drug-likeness (QED) is 0.791. The van der Waals surface area contributed by atoms with Crippen molar-refractivity contribution in [2.75, 3.05) is 0 Å². The fourth-order valence-corrected chi connectivity index (χ4v) is 4.06. The number of benzene rings is 1. The van der Waals surface area contributed by atoms with Crippen molar-refractivity contribution in [3.05, 3.63) is 53.6 Å². The third-order valence-corrected chi connectivity index (χ3v) is 5.18. The molecular formula is C17H16N2OS. The van der Waals surface area contributed by atoms with E-state index in [0.29, 0.717) is 11.7 Å². The predicted molar refractivity (Wildman–Crippen MR) is 84.3 cm³/mol. The molecule has 0 spiro atoms. The third-order valence-electron chi connectivity index (χ3n) is 4.29. The fraction of sp³-hybridized carbons (Fsp3) is 0.294. The van der Waals surface area contributed by atoms with Gasteiger partial charge in [0.05, 0.1) is 6.04 Å². The van der Waals surface area contributed by atoms with Gasteiger partial charge in [0.25, 0.3) is 5.91 Å². The lowest BCUT2D eigenvalue weighted by Crippen LogP contribution is -2.42. The standard InChI is InChI=1S/C17H16N2OS/c20-17(19-13-7-4-8-14(19)10-9-13)15-11-21-16(18-15)12-5-2-1-3-6-12/h1-7,11,13-14H,8-10H2. The lowest BCUT2D eigenvalue weighted by Gasteiger charge is -2.30. The highest BCUT2D eigenvalue weighted by Gasteiger charge is 2.38. The number of hydrogen-bond donors (Lipinski definition) is 0. The first-order valence-electron chi connectivity index (χ1n) is 7.33. The summed E-state index contributed by atoms with van der Waals surface area (Å²) in [5, 5.41) is 2.81. The first kappa shape index (κ1) is 12.8. The molecule has 0 aliphatic carbocycles. The predicted octanol–water partition coefficient (Wildman–Crippen LogP) is 3.74. The van der Waals surface area contributed by atoms with E-state index in [4.69, 9.17) is 0 Å². The highest BCUT2D eigenvalue weighted by Crippen LogP contribution is 2.33. The molecule has 1 saturated heterocycles.